The minimum absolute atomic E-state index is 0.195. The third-order valence-corrected chi connectivity index (χ3v) is 5.21. The highest BCUT2D eigenvalue weighted by Crippen LogP contribution is 2.17. The first kappa shape index (κ1) is 16.5. The lowest BCUT2D eigenvalue weighted by Crippen LogP contribution is -2.50. The number of piperidine rings is 1. The summed E-state index contributed by atoms with van der Waals surface area (Å²) >= 11 is 0. The van der Waals surface area contributed by atoms with Crippen LogP contribution in [0.4, 0.5) is 0 Å². The van der Waals surface area contributed by atoms with Crippen LogP contribution in [0, 0.1) is 19.8 Å². The van der Waals surface area contributed by atoms with Gasteiger partial charge in [0.1, 0.15) is 5.76 Å². The molecule has 0 bridgehead atoms. The Morgan fingerprint density at radius 2 is 1.91 bits per heavy atom. The van der Waals surface area contributed by atoms with Crippen molar-refractivity contribution >= 4 is 5.91 Å². The smallest absolute Gasteiger partial charge is 0.227 e. The number of aromatic nitrogens is 1. The van der Waals surface area contributed by atoms with Gasteiger partial charge in [0.25, 0.3) is 0 Å². The molecule has 6 heteroatoms. The van der Waals surface area contributed by atoms with Crippen LogP contribution in [0.5, 0.6) is 0 Å². The minimum Gasteiger partial charge on any atom is -0.361 e. The monoisotopic (exact) mass is 320 g/mol. The van der Waals surface area contributed by atoms with Gasteiger partial charge in [-0.2, -0.15) is 0 Å². The molecule has 2 fully saturated rings. The lowest BCUT2D eigenvalue weighted by molar-refractivity contribution is -0.132. The third-order valence-electron chi connectivity index (χ3n) is 5.21. The van der Waals surface area contributed by atoms with E-state index in [1.807, 2.05) is 18.7 Å². The highest BCUT2D eigenvalue weighted by molar-refractivity contribution is 5.79. The number of aryl methyl sites for hydroxylation is 2. The highest BCUT2D eigenvalue weighted by Gasteiger charge is 2.25. The number of nitrogens with zero attached hydrogens (tertiary/aromatic N) is 3. The number of piperazine rings is 1. The van der Waals surface area contributed by atoms with Crippen molar-refractivity contribution < 1.29 is 9.32 Å². The lowest BCUT2D eigenvalue weighted by Gasteiger charge is -2.37. The van der Waals surface area contributed by atoms with Gasteiger partial charge in [-0.1, -0.05) is 5.16 Å². The first-order valence-electron chi connectivity index (χ1n) is 8.76. The quantitative estimate of drug-likeness (QED) is 0.896. The zero-order valence-corrected chi connectivity index (χ0v) is 14.3. The molecule has 0 unspecified atom stereocenters. The molecule has 2 saturated heterocycles. The van der Waals surface area contributed by atoms with E-state index in [9.17, 15) is 4.79 Å². The number of nitrogens with one attached hydrogen (secondary N) is 1. The van der Waals surface area contributed by atoms with E-state index < -0.39 is 0 Å². The molecule has 2 aliphatic heterocycles. The van der Waals surface area contributed by atoms with Crippen LogP contribution in [-0.4, -0.2) is 66.7 Å². The van der Waals surface area contributed by atoms with Gasteiger partial charge in [-0.3, -0.25) is 9.69 Å². The Kier molecular flexibility index (Phi) is 5.33. The molecule has 3 heterocycles. The number of hydrogen-bond donors (Lipinski definition) is 1. The zero-order valence-electron chi connectivity index (χ0n) is 14.3. The van der Waals surface area contributed by atoms with Gasteiger partial charge in [0, 0.05) is 38.3 Å². The molecule has 3 rings (SSSR count). The lowest BCUT2D eigenvalue weighted by atomic mass is 9.97. The van der Waals surface area contributed by atoms with E-state index in [0.29, 0.717) is 6.42 Å². The number of carbonyl (C=O) groups is 1. The van der Waals surface area contributed by atoms with Crippen molar-refractivity contribution in [2.45, 2.75) is 33.1 Å². The highest BCUT2D eigenvalue weighted by atomic mass is 16.5. The second-order valence-corrected chi connectivity index (χ2v) is 6.85. The SMILES string of the molecule is Cc1noc(C)c1CC(=O)N1CCN(CC2CCNCC2)CC1. The van der Waals surface area contributed by atoms with Crippen LogP contribution in [0.3, 0.4) is 0 Å². The van der Waals surface area contributed by atoms with Crippen LogP contribution in [0.1, 0.15) is 29.9 Å². The van der Waals surface area contributed by atoms with Crippen molar-refractivity contribution in [2.75, 3.05) is 45.8 Å². The number of amides is 1. The van der Waals surface area contributed by atoms with Crippen molar-refractivity contribution in [2.24, 2.45) is 5.92 Å². The van der Waals surface area contributed by atoms with E-state index in [2.05, 4.69) is 15.4 Å². The number of hydrogen-bond acceptors (Lipinski definition) is 5. The van der Waals surface area contributed by atoms with Crippen molar-refractivity contribution in [3.63, 3.8) is 0 Å². The van der Waals surface area contributed by atoms with E-state index in [-0.39, 0.29) is 5.91 Å². The molecule has 0 radical (unpaired) electrons. The Morgan fingerprint density at radius 3 is 2.52 bits per heavy atom. The van der Waals surface area contributed by atoms with Gasteiger partial charge >= 0.3 is 0 Å². The third kappa shape index (κ3) is 4.12. The largest absolute Gasteiger partial charge is 0.361 e. The summed E-state index contributed by atoms with van der Waals surface area (Å²) in [6, 6.07) is 0. The molecule has 0 aromatic carbocycles. The van der Waals surface area contributed by atoms with Crippen molar-refractivity contribution in [3.05, 3.63) is 17.0 Å². The van der Waals surface area contributed by atoms with E-state index >= 15 is 0 Å². The summed E-state index contributed by atoms with van der Waals surface area (Å²) in [6.07, 6.45) is 2.98. The summed E-state index contributed by atoms with van der Waals surface area (Å²) in [6.45, 7) is 10.9. The molecule has 6 nitrogen and oxygen atoms in total. The van der Waals surface area contributed by atoms with E-state index in [4.69, 9.17) is 4.52 Å². The first-order valence-corrected chi connectivity index (χ1v) is 8.76. The van der Waals surface area contributed by atoms with Gasteiger partial charge < -0.3 is 14.7 Å². The average molecular weight is 320 g/mol. The number of rotatable bonds is 4. The normalized spacial score (nSPS) is 20.9. The molecule has 128 valence electrons. The van der Waals surface area contributed by atoms with Crippen molar-refractivity contribution in [3.8, 4) is 0 Å². The van der Waals surface area contributed by atoms with Crippen LogP contribution in [0.15, 0.2) is 4.52 Å². The van der Waals surface area contributed by atoms with Crippen molar-refractivity contribution in [1.82, 2.24) is 20.3 Å². The summed E-state index contributed by atoms with van der Waals surface area (Å²) < 4.78 is 5.15. The summed E-state index contributed by atoms with van der Waals surface area (Å²) in [7, 11) is 0. The van der Waals surface area contributed by atoms with Gasteiger partial charge in [0.05, 0.1) is 12.1 Å². The molecule has 0 aliphatic carbocycles. The maximum Gasteiger partial charge on any atom is 0.227 e. The fourth-order valence-corrected chi connectivity index (χ4v) is 3.63. The maximum absolute atomic E-state index is 12.5. The van der Waals surface area contributed by atoms with Gasteiger partial charge in [0.2, 0.25) is 5.91 Å². The molecule has 1 aromatic rings. The van der Waals surface area contributed by atoms with Crippen LogP contribution < -0.4 is 5.32 Å². The van der Waals surface area contributed by atoms with Crippen LogP contribution in [-0.2, 0) is 11.2 Å². The van der Waals surface area contributed by atoms with Crippen LogP contribution >= 0.6 is 0 Å². The first-order chi connectivity index (χ1) is 11.1. The topological polar surface area (TPSA) is 61.6 Å². The van der Waals surface area contributed by atoms with E-state index in [0.717, 1.165) is 62.2 Å². The Hall–Kier alpha value is -1.40. The molecule has 1 amide bonds. The maximum atomic E-state index is 12.5. The Balaban J connectivity index is 1.45. The summed E-state index contributed by atoms with van der Waals surface area (Å²) in [5.74, 6) is 1.78. The van der Waals surface area contributed by atoms with Crippen LogP contribution in [0.25, 0.3) is 0 Å². The van der Waals surface area contributed by atoms with E-state index in [1.54, 1.807) is 0 Å². The van der Waals surface area contributed by atoms with Crippen molar-refractivity contribution in [1.29, 1.82) is 0 Å². The second kappa shape index (κ2) is 7.45. The Bertz CT molecular complexity index is 509. The van der Waals surface area contributed by atoms with Gasteiger partial charge in [-0.15, -0.1) is 0 Å². The molecule has 0 saturated carbocycles. The Labute approximate surface area is 138 Å². The Morgan fingerprint density at radius 1 is 1.22 bits per heavy atom. The van der Waals surface area contributed by atoms with Gasteiger partial charge in [-0.25, -0.2) is 0 Å². The van der Waals surface area contributed by atoms with Gasteiger partial charge in [-0.05, 0) is 45.7 Å². The van der Waals surface area contributed by atoms with Crippen LogP contribution in [0.2, 0.25) is 0 Å². The predicted octanol–water partition coefficient (Wildman–Crippen LogP) is 0.978. The molecule has 1 N–H and O–H groups in total. The van der Waals surface area contributed by atoms with E-state index in [1.165, 1.54) is 19.4 Å². The second-order valence-electron chi connectivity index (χ2n) is 6.85. The molecule has 1 aromatic heterocycles. The zero-order chi connectivity index (χ0) is 16.2. The molecular weight excluding hydrogens is 292 g/mol. The molecule has 23 heavy (non-hydrogen) atoms. The number of carbonyl (C=O) groups excluding carboxylic acids is 1. The molecular formula is C17H28N4O2. The minimum atomic E-state index is 0.195. The molecule has 0 spiro atoms. The van der Waals surface area contributed by atoms with Gasteiger partial charge in [0.15, 0.2) is 0 Å². The summed E-state index contributed by atoms with van der Waals surface area (Å²) in [5.41, 5.74) is 1.78. The predicted molar refractivity (Wildman–Crippen MR) is 88.3 cm³/mol. The summed E-state index contributed by atoms with van der Waals surface area (Å²) in [5, 5.41) is 7.35. The summed E-state index contributed by atoms with van der Waals surface area (Å²) in [4.78, 5) is 17.0. The average Bonchev–Trinajstić information content (AvgIpc) is 2.88. The standard InChI is InChI=1S/C17H28N4O2/c1-13-16(14(2)23-19-13)11-17(22)21-9-7-20(8-10-21)12-15-3-5-18-6-4-15/h15,18H,3-12H2,1-2H3. The fourth-order valence-electron chi connectivity index (χ4n) is 3.63. The molecule has 2 aliphatic rings. The fraction of sp³-hybridized carbons (Fsp3) is 0.765. The molecule has 0 atom stereocenters.